The minimum Gasteiger partial charge on any atom is -0.484 e. The van der Waals surface area contributed by atoms with Gasteiger partial charge in [0.15, 0.2) is 6.61 Å². The zero-order chi connectivity index (χ0) is 19.6. The molecule has 1 atom stereocenters. The maximum absolute atomic E-state index is 12.6. The van der Waals surface area contributed by atoms with Gasteiger partial charge in [-0.25, -0.2) is 13.1 Å². The number of rotatable bonds is 6. The first-order valence-corrected chi connectivity index (χ1v) is 10.4. The molecular weight excluding hydrogens is 364 g/mol. The average molecular weight is 388 g/mol. The molecule has 144 valence electrons. The fraction of sp³-hybridized carbons (Fsp3) is 0.350. The van der Waals surface area contributed by atoms with Crippen molar-refractivity contribution >= 4 is 21.6 Å². The van der Waals surface area contributed by atoms with E-state index in [2.05, 4.69) is 4.72 Å². The number of ether oxygens (including phenoxy) is 1. The third kappa shape index (κ3) is 4.31. The number of benzene rings is 2. The number of sulfonamides is 1. The van der Waals surface area contributed by atoms with Gasteiger partial charge < -0.3 is 9.64 Å². The lowest BCUT2D eigenvalue weighted by Gasteiger charge is -2.22. The first kappa shape index (κ1) is 19.4. The van der Waals surface area contributed by atoms with Gasteiger partial charge in [-0.1, -0.05) is 18.2 Å². The quantitative estimate of drug-likeness (QED) is 0.826. The van der Waals surface area contributed by atoms with Crippen molar-refractivity contribution < 1.29 is 17.9 Å². The molecule has 3 rings (SSSR count). The van der Waals surface area contributed by atoms with Crippen LogP contribution in [0, 0.1) is 0 Å². The van der Waals surface area contributed by atoms with Crippen LogP contribution in [0.2, 0.25) is 0 Å². The molecule has 0 fully saturated rings. The van der Waals surface area contributed by atoms with Crippen LogP contribution in [0.1, 0.15) is 26.3 Å². The highest BCUT2D eigenvalue weighted by atomic mass is 32.2. The Bertz CT molecular complexity index is 923. The molecule has 0 aromatic heterocycles. The lowest BCUT2D eigenvalue weighted by atomic mass is 10.1. The van der Waals surface area contributed by atoms with Crippen molar-refractivity contribution in [3.63, 3.8) is 0 Å². The molecule has 2 aromatic carbocycles. The maximum atomic E-state index is 12.6. The van der Waals surface area contributed by atoms with Gasteiger partial charge in [0.05, 0.1) is 4.90 Å². The molecular formula is C20H24N2O4S. The van der Waals surface area contributed by atoms with Crippen molar-refractivity contribution in [3.8, 4) is 5.75 Å². The Morgan fingerprint density at radius 2 is 1.85 bits per heavy atom. The van der Waals surface area contributed by atoms with E-state index in [1.165, 1.54) is 12.1 Å². The van der Waals surface area contributed by atoms with Crippen LogP contribution >= 0.6 is 0 Å². The highest BCUT2D eigenvalue weighted by Crippen LogP contribution is 2.31. The van der Waals surface area contributed by atoms with Gasteiger partial charge >= 0.3 is 0 Å². The summed E-state index contributed by atoms with van der Waals surface area (Å²) in [6, 6.07) is 13.8. The molecule has 27 heavy (non-hydrogen) atoms. The molecule has 7 heteroatoms. The lowest BCUT2D eigenvalue weighted by Crippen LogP contribution is -2.39. The van der Waals surface area contributed by atoms with Gasteiger partial charge in [-0.2, -0.15) is 0 Å². The molecule has 0 spiro atoms. The number of nitrogens with zero attached hydrogens (tertiary/aromatic N) is 1. The van der Waals surface area contributed by atoms with E-state index in [1.54, 1.807) is 30.9 Å². The number of anilines is 1. The van der Waals surface area contributed by atoms with Crippen LogP contribution in [0.4, 0.5) is 5.69 Å². The van der Waals surface area contributed by atoms with E-state index >= 15 is 0 Å². The summed E-state index contributed by atoms with van der Waals surface area (Å²) in [5, 5.41) is 0. The van der Waals surface area contributed by atoms with Crippen LogP contribution in [-0.2, 0) is 21.2 Å². The molecule has 0 saturated carbocycles. The predicted molar refractivity (Wildman–Crippen MR) is 104 cm³/mol. The Balaban J connectivity index is 1.65. The molecule has 1 aliphatic rings. The molecule has 0 saturated heterocycles. The summed E-state index contributed by atoms with van der Waals surface area (Å²) < 4.78 is 32.4. The fourth-order valence-corrected chi connectivity index (χ4v) is 4.50. The summed E-state index contributed by atoms with van der Waals surface area (Å²) in [5.74, 6) is 0.331. The first-order valence-electron chi connectivity index (χ1n) is 8.93. The molecule has 0 radical (unpaired) electrons. The Morgan fingerprint density at radius 1 is 1.19 bits per heavy atom. The summed E-state index contributed by atoms with van der Waals surface area (Å²) in [4.78, 5) is 14.6. The molecule has 1 amide bonds. The van der Waals surface area contributed by atoms with Gasteiger partial charge in [-0.15, -0.1) is 0 Å². The van der Waals surface area contributed by atoms with E-state index in [0.29, 0.717) is 5.75 Å². The van der Waals surface area contributed by atoms with E-state index in [1.807, 2.05) is 31.2 Å². The Morgan fingerprint density at radius 3 is 2.52 bits per heavy atom. The molecule has 1 aliphatic heterocycles. The minimum atomic E-state index is -3.54. The largest absolute Gasteiger partial charge is 0.484 e. The van der Waals surface area contributed by atoms with Crippen molar-refractivity contribution in [2.75, 3.05) is 11.5 Å². The van der Waals surface area contributed by atoms with Crippen molar-refractivity contribution in [3.05, 3.63) is 54.1 Å². The molecule has 6 nitrogen and oxygen atoms in total. The number of hydrogen-bond donors (Lipinski definition) is 1. The summed E-state index contributed by atoms with van der Waals surface area (Å²) in [6.45, 7) is 5.44. The van der Waals surface area contributed by atoms with Gasteiger partial charge in [-0.05, 0) is 63.1 Å². The standard InChI is InChI=1S/C20H24N2O4S/c1-14(2)21-27(24,25)18-10-8-17(9-11-18)26-13-20(23)22-15(3)12-16-6-4-5-7-19(16)22/h4-11,14-15,21H,12-13H2,1-3H3. The van der Waals surface area contributed by atoms with Gasteiger partial charge in [0.2, 0.25) is 10.0 Å². The van der Waals surface area contributed by atoms with E-state index in [4.69, 9.17) is 4.74 Å². The average Bonchev–Trinajstić information content (AvgIpc) is 2.94. The number of para-hydroxylation sites is 1. The predicted octanol–water partition coefficient (Wildman–Crippen LogP) is 2.73. The highest BCUT2D eigenvalue weighted by molar-refractivity contribution is 7.89. The molecule has 0 aliphatic carbocycles. The third-order valence-corrected chi connectivity index (χ3v) is 6.04. The van der Waals surface area contributed by atoms with Gasteiger partial charge in [-0.3, -0.25) is 4.79 Å². The van der Waals surface area contributed by atoms with E-state index in [-0.39, 0.29) is 29.5 Å². The summed E-state index contributed by atoms with van der Waals surface area (Å²) >= 11 is 0. The number of fused-ring (bicyclic) bond motifs is 1. The second kappa shape index (κ2) is 7.70. The maximum Gasteiger partial charge on any atom is 0.265 e. The second-order valence-electron chi connectivity index (χ2n) is 6.98. The molecule has 1 heterocycles. The van der Waals surface area contributed by atoms with Crippen LogP contribution in [0.25, 0.3) is 0 Å². The number of carbonyl (C=O) groups is 1. The molecule has 1 unspecified atom stereocenters. The smallest absolute Gasteiger partial charge is 0.265 e. The van der Waals surface area contributed by atoms with E-state index < -0.39 is 10.0 Å². The zero-order valence-corrected chi connectivity index (χ0v) is 16.5. The van der Waals surface area contributed by atoms with Crippen molar-refractivity contribution in [1.29, 1.82) is 0 Å². The first-order chi connectivity index (χ1) is 12.8. The Labute approximate surface area is 160 Å². The molecule has 0 bridgehead atoms. The number of nitrogens with one attached hydrogen (secondary N) is 1. The van der Waals surface area contributed by atoms with Crippen LogP contribution in [0.3, 0.4) is 0 Å². The van der Waals surface area contributed by atoms with Crippen LogP contribution in [0.5, 0.6) is 5.75 Å². The van der Waals surface area contributed by atoms with Gasteiger partial charge in [0, 0.05) is 17.8 Å². The van der Waals surface area contributed by atoms with Gasteiger partial charge in [0.25, 0.3) is 5.91 Å². The van der Waals surface area contributed by atoms with E-state index in [0.717, 1.165) is 17.7 Å². The van der Waals surface area contributed by atoms with Crippen molar-refractivity contribution in [2.45, 2.75) is 44.2 Å². The number of hydrogen-bond acceptors (Lipinski definition) is 4. The van der Waals surface area contributed by atoms with Gasteiger partial charge in [0.1, 0.15) is 5.75 Å². The summed E-state index contributed by atoms with van der Waals surface area (Å²) in [6.07, 6.45) is 0.831. The molecule has 2 aromatic rings. The zero-order valence-electron chi connectivity index (χ0n) is 15.7. The van der Waals surface area contributed by atoms with Crippen LogP contribution in [0.15, 0.2) is 53.4 Å². The van der Waals surface area contributed by atoms with Crippen molar-refractivity contribution in [1.82, 2.24) is 4.72 Å². The number of carbonyl (C=O) groups excluding carboxylic acids is 1. The Kier molecular flexibility index (Phi) is 5.53. The highest BCUT2D eigenvalue weighted by Gasteiger charge is 2.30. The van der Waals surface area contributed by atoms with E-state index in [9.17, 15) is 13.2 Å². The monoisotopic (exact) mass is 388 g/mol. The summed E-state index contributed by atoms with van der Waals surface area (Å²) in [7, 11) is -3.54. The third-order valence-electron chi connectivity index (χ3n) is 4.36. The summed E-state index contributed by atoms with van der Waals surface area (Å²) in [5.41, 5.74) is 2.09. The minimum absolute atomic E-state index is 0.0909. The number of amides is 1. The topological polar surface area (TPSA) is 75.7 Å². The van der Waals surface area contributed by atoms with Crippen molar-refractivity contribution in [2.24, 2.45) is 0 Å². The SMILES string of the molecule is CC(C)NS(=O)(=O)c1ccc(OCC(=O)N2c3ccccc3CC2C)cc1. The second-order valence-corrected chi connectivity index (χ2v) is 8.70. The Hall–Kier alpha value is -2.38. The van der Waals surface area contributed by atoms with Crippen LogP contribution < -0.4 is 14.4 Å². The fourth-order valence-electron chi connectivity index (χ4n) is 3.25. The van der Waals surface area contributed by atoms with Crippen LogP contribution in [-0.4, -0.2) is 33.0 Å². The normalized spacial score (nSPS) is 16.4. The molecule has 1 N–H and O–H groups in total. The lowest BCUT2D eigenvalue weighted by molar-refractivity contribution is -0.120.